The van der Waals surface area contributed by atoms with Crippen LogP contribution in [0.5, 0.6) is 11.5 Å². The Labute approximate surface area is 164 Å². The Balaban J connectivity index is 1.56. The maximum atomic E-state index is 13.7. The van der Waals surface area contributed by atoms with Gasteiger partial charge in [-0.05, 0) is 29.8 Å². The maximum Gasteiger partial charge on any atom is 0.264 e. The van der Waals surface area contributed by atoms with Crippen molar-refractivity contribution in [1.29, 1.82) is 0 Å². The van der Waals surface area contributed by atoms with Gasteiger partial charge >= 0.3 is 0 Å². The van der Waals surface area contributed by atoms with Crippen molar-refractivity contribution in [2.75, 3.05) is 19.0 Å². The highest BCUT2D eigenvalue weighted by molar-refractivity contribution is 7.15. The van der Waals surface area contributed by atoms with Gasteiger partial charge in [-0.25, -0.2) is 9.37 Å². The first-order chi connectivity index (χ1) is 13.6. The maximum absolute atomic E-state index is 13.7. The number of halogens is 1. The second-order valence-electron chi connectivity index (χ2n) is 5.76. The number of aromatic nitrogens is 1. The fraction of sp³-hybridized carbons (Fsp3) is 0.150. The second-order valence-corrected chi connectivity index (χ2v) is 6.88. The molecule has 0 aliphatic heterocycles. The molecule has 0 spiro atoms. The van der Waals surface area contributed by atoms with E-state index in [1.54, 1.807) is 36.5 Å². The fourth-order valence-electron chi connectivity index (χ4n) is 2.45. The zero-order valence-corrected chi connectivity index (χ0v) is 15.8. The highest BCUT2D eigenvalue weighted by Crippen LogP contribution is 2.27. The first kappa shape index (κ1) is 19.5. The van der Waals surface area contributed by atoms with Crippen molar-refractivity contribution >= 4 is 28.7 Å². The number of carbonyl (C=O) groups is 2. The molecule has 8 heteroatoms. The van der Waals surface area contributed by atoms with Crippen LogP contribution in [0.1, 0.15) is 20.8 Å². The number of methoxy groups -OCH3 is 1. The number of thiazole rings is 1. The SMILES string of the molecule is COc1cc(C=O)ccc1OCC(=O)Nc1ncc(Cc2ccccc2F)s1. The van der Waals surface area contributed by atoms with E-state index in [-0.39, 0.29) is 12.4 Å². The number of hydrogen-bond acceptors (Lipinski definition) is 6. The summed E-state index contributed by atoms with van der Waals surface area (Å²) in [4.78, 5) is 27.9. The predicted octanol–water partition coefficient (Wildman–Crippen LogP) is 3.71. The van der Waals surface area contributed by atoms with Crippen LogP contribution in [-0.2, 0) is 11.2 Å². The minimum atomic E-state index is -0.395. The molecule has 144 valence electrons. The van der Waals surface area contributed by atoms with Crippen LogP contribution in [0.3, 0.4) is 0 Å². The lowest BCUT2D eigenvalue weighted by Crippen LogP contribution is -2.20. The molecule has 0 aliphatic rings. The van der Waals surface area contributed by atoms with Crippen LogP contribution in [0.2, 0.25) is 0 Å². The Morgan fingerprint density at radius 1 is 1.25 bits per heavy atom. The molecular weight excluding hydrogens is 383 g/mol. The Morgan fingerprint density at radius 3 is 2.82 bits per heavy atom. The van der Waals surface area contributed by atoms with Crippen molar-refractivity contribution in [3.05, 3.63) is 70.5 Å². The van der Waals surface area contributed by atoms with Crippen LogP contribution in [0.25, 0.3) is 0 Å². The molecule has 1 amide bonds. The van der Waals surface area contributed by atoms with Crippen LogP contribution >= 0.6 is 11.3 Å². The highest BCUT2D eigenvalue weighted by atomic mass is 32.1. The van der Waals surface area contributed by atoms with Gasteiger partial charge in [-0.15, -0.1) is 11.3 Å². The first-order valence-corrected chi connectivity index (χ1v) is 9.14. The molecule has 0 saturated carbocycles. The van der Waals surface area contributed by atoms with Gasteiger partial charge in [0.2, 0.25) is 0 Å². The van der Waals surface area contributed by atoms with Crippen LogP contribution < -0.4 is 14.8 Å². The van der Waals surface area contributed by atoms with Crippen molar-refractivity contribution in [3.8, 4) is 11.5 Å². The summed E-state index contributed by atoms with van der Waals surface area (Å²) in [5.74, 6) is 0.0409. The molecule has 3 rings (SSSR count). The number of aldehydes is 1. The molecule has 0 bridgehead atoms. The van der Waals surface area contributed by atoms with Gasteiger partial charge in [0.25, 0.3) is 5.91 Å². The van der Waals surface area contributed by atoms with E-state index in [4.69, 9.17) is 9.47 Å². The molecule has 0 fully saturated rings. The van der Waals surface area contributed by atoms with Gasteiger partial charge in [0.05, 0.1) is 7.11 Å². The van der Waals surface area contributed by atoms with E-state index < -0.39 is 5.91 Å². The topological polar surface area (TPSA) is 77.5 Å². The van der Waals surface area contributed by atoms with Gasteiger partial charge in [0.1, 0.15) is 12.1 Å². The third-order valence-corrected chi connectivity index (χ3v) is 4.72. The predicted molar refractivity (Wildman–Crippen MR) is 104 cm³/mol. The molecule has 0 aliphatic carbocycles. The van der Waals surface area contributed by atoms with Crippen molar-refractivity contribution in [2.45, 2.75) is 6.42 Å². The molecule has 2 aromatic carbocycles. The van der Waals surface area contributed by atoms with Crippen LogP contribution in [0, 0.1) is 5.82 Å². The molecule has 0 saturated heterocycles. The largest absolute Gasteiger partial charge is 0.493 e. The normalized spacial score (nSPS) is 10.4. The average Bonchev–Trinajstić information content (AvgIpc) is 3.14. The zero-order chi connectivity index (χ0) is 19.9. The number of carbonyl (C=O) groups excluding carboxylic acids is 2. The molecule has 0 radical (unpaired) electrons. The lowest BCUT2D eigenvalue weighted by atomic mass is 10.1. The molecule has 1 aromatic heterocycles. The minimum absolute atomic E-state index is 0.251. The molecule has 28 heavy (non-hydrogen) atoms. The quantitative estimate of drug-likeness (QED) is 0.583. The summed E-state index contributed by atoms with van der Waals surface area (Å²) < 4.78 is 24.3. The van der Waals surface area contributed by atoms with Gasteiger partial charge in [-0.3, -0.25) is 14.9 Å². The molecule has 3 aromatic rings. The van der Waals surface area contributed by atoms with Crippen LogP contribution in [-0.4, -0.2) is 30.9 Å². The van der Waals surface area contributed by atoms with Crippen molar-refractivity contribution < 1.29 is 23.5 Å². The molecule has 1 heterocycles. The summed E-state index contributed by atoms with van der Waals surface area (Å²) >= 11 is 1.27. The Hall–Kier alpha value is -3.26. The second kappa shape index (κ2) is 9.09. The average molecular weight is 400 g/mol. The lowest BCUT2D eigenvalue weighted by Gasteiger charge is -2.10. The molecule has 0 unspecified atom stereocenters. The number of nitrogens with zero attached hydrogens (tertiary/aromatic N) is 1. The Bertz CT molecular complexity index is 990. The number of nitrogens with one attached hydrogen (secondary N) is 1. The third kappa shape index (κ3) is 4.92. The standard InChI is InChI=1S/C20H17FN2O4S/c1-26-18-8-13(11-24)6-7-17(18)27-12-19(25)23-20-22-10-15(28-20)9-14-4-2-3-5-16(14)21/h2-8,10-11H,9,12H2,1H3,(H,22,23,25). The minimum Gasteiger partial charge on any atom is -0.493 e. The summed E-state index contributed by atoms with van der Waals surface area (Å²) in [5, 5.41) is 3.05. The van der Waals surface area contributed by atoms with E-state index in [0.717, 1.165) is 4.88 Å². The monoisotopic (exact) mass is 400 g/mol. The van der Waals surface area contributed by atoms with Gasteiger partial charge in [0, 0.05) is 23.1 Å². The summed E-state index contributed by atoms with van der Waals surface area (Å²) in [7, 11) is 1.45. The summed E-state index contributed by atoms with van der Waals surface area (Å²) in [6.07, 6.45) is 2.70. The van der Waals surface area contributed by atoms with E-state index >= 15 is 0 Å². The summed E-state index contributed by atoms with van der Waals surface area (Å²) in [5.41, 5.74) is 1.01. The smallest absolute Gasteiger partial charge is 0.264 e. The first-order valence-electron chi connectivity index (χ1n) is 8.33. The molecule has 6 nitrogen and oxygen atoms in total. The lowest BCUT2D eigenvalue weighted by molar-refractivity contribution is -0.118. The number of anilines is 1. The van der Waals surface area contributed by atoms with Gasteiger partial charge in [-0.2, -0.15) is 0 Å². The number of ether oxygens (including phenoxy) is 2. The van der Waals surface area contributed by atoms with E-state index in [2.05, 4.69) is 10.3 Å². The van der Waals surface area contributed by atoms with Crippen molar-refractivity contribution in [3.63, 3.8) is 0 Å². The van der Waals surface area contributed by atoms with Crippen LogP contribution in [0.15, 0.2) is 48.7 Å². The highest BCUT2D eigenvalue weighted by Gasteiger charge is 2.11. The Kier molecular flexibility index (Phi) is 6.33. The summed E-state index contributed by atoms with van der Waals surface area (Å²) in [6.45, 7) is -0.251. The van der Waals surface area contributed by atoms with Crippen LogP contribution in [0.4, 0.5) is 9.52 Å². The van der Waals surface area contributed by atoms with E-state index in [1.165, 1.54) is 30.6 Å². The molecule has 0 atom stereocenters. The number of hydrogen-bond donors (Lipinski definition) is 1. The number of benzene rings is 2. The number of amides is 1. The molecular formula is C20H17FN2O4S. The third-order valence-electron chi connectivity index (χ3n) is 3.80. The van der Waals surface area contributed by atoms with Gasteiger partial charge < -0.3 is 9.47 Å². The van der Waals surface area contributed by atoms with E-state index in [1.807, 2.05) is 0 Å². The van der Waals surface area contributed by atoms with Gasteiger partial charge in [-0.1, -0.05) is 18.2 Å². The van der Waals surface area contributed by atoms with Crippen molar-refractivity contribution in [2.24, 2.45) is 0 Å². The van der Waals surface area contributed by atoms with E-state index in [9.17, 15) is 14.0 Å². The Morgan fingerprint density at radius 2 is 2.07 bits per heavy atom. The fourth-order valence-corrected chi connectivity index (χ4v) is 3.30. The van der Waals surface area contributed by atoms with Crippen molar-refractivity contribution in [1.82, 2.24) is 4.98 Å². The zero-order valence-electron chi connectivity index (χ0n) is 15.0. The number of rotatable bonds is 8. The molecule has 1 N–H and O–H groups in total. The summed E-state index contributed by atoms with van der Waals surface area (Å²) in [6, 6.07) is 11.2. The van der Waals surface area contributed by atoms with E-state index in [0.29, 0.717) is 40.5 Å². The van der Waals surface area contributed by atoms with Gasteiger partial charge in [0.15, 0.2) is 23.2 Å².